The second kappa shape index (κ2) is 6.37. The van der Waals surface area contributed by atoms with Crippen LogP contribution in [-0.4, -0.2) is 31.8 Å². The zero-order valence-corrected chi connectivity index (χ0v) is 12.9. The van der Waals surface area contributed by atoms with Gasteiger partial charge < -0.3 is 5.11 Å². The lowest BCUT2D eigenvalue weighted by Crippen LogP contribution is -2.42. The molecule has 5 nitrogen and oxygen atoms in total. The Labute approximate surface area is 119 Å². The van der Waals surface area contributed by atoms with Gasteiger partial charge in [0.2, 0.25) is 0 Å². The Bertz CT molecular complexity index is 563. The molecule has 0 aromatic heterocycles. The maximum atomic E-state index is 11.4. The highest BCUT2D eigenvalue weighted by molar-refractivity contribution is 7.90. The molecule has 0 radical (unpaired) electrons. The molecular weight excluding hydrogens is 278 g/mol. The first-order chi connectivity index (χ1) is 9.12. The average Bonchev–Trinajstić information content (AvgIpc) is 2.34. The molecule has 0 heterocycles. The Balaban J connectivity index is 2.88. The van der Waals surface area contributed by atoms with Crippen molar-refractivity contribution in [3.05, 3.63) is 29.8 Å². The molecule has 1 aromatic rings. The van der Waals surface area contributed by atoms with Crippen LogP contribution in [0.3, 0.4) is 0 Å². The normalized spacial score (nSPS) is 15.1. The van der Waals surface area contributed by atoms with Gasteiger partial charge in [0.1, 0.15) is 6.04 Å². The van der Waals surface area contributed by atoms with E-state index in [9.17, 15) is 13.2 Å². The summed E-state index contributed by atoms with van der Waals surface area (Å²) in [6.45, 7) is 5.53. The molecule has 0 bridgehead atoms. The van der Waals surface area contributed by atoms with Gasteiger partial charge >= 0.3 is 5.97 Å². The van der Waals surface area contributed by atoms with Crippen LogP contribution in [0, 0.1) is 5.92 Å². The van der Waals surface area contributed by atoms with E-state index in [2.05, 4.69) is 5.32 Å². The van der Waals surface area contributed by atoms with Crippen molar-refractivity contribution in [2.75, 3.05) is 6.26 Å². The molecule has 2 atom stereocenters. The second-order valence-corrected chi connectivity index (χ2v) is 7.31. The van der Waals surface area contributed by atoms with Crippen LogP contribution in [0.2, 0.25) is 0 Å². The number of carboxylic acid groups (broad SMARTS) is 1. The Kier molecular flexibility index (Phi) is 5.30. The third kappa shape index (κ3) is 4.31. The standard InChI is InChI=1S/C14H21NO4S/c1-9(2)13(14(16)17)15-10(3)11-5-7-12(8-6-11)20(4,18)19/h5-10,13,15H,1-4H3,(H,16,17). The summed E-state index contributed by atoms with van der Waals surface area (Å²) in [6, 6.07) is 5.66. The van der Waals surface area contributed by atoms with E-state index >= 15 is 0 Å². The van der Waals surface area contributed by atoms with Gasteiger partial charge in [-0.1, -0.05) is 26.0 Å². The molecule has 2 unspecified atom stereocenters. The monoisotopic (exact) mass is 299 g/mol. The van der Waals surface area contributed by atoms with E-state index in [-0.39, 0.29) is 16.9 Å². The Hall–Kier alpha value is -1.40. The number of hydrogen-bond donors (Lipinski definition) is 2. The molecule has 0 saturated carbocycles. The Morgan fingerprint density at radius 3 is 2.00 bits per heavy atom. The van der Waals surface area contributed by atoms with Gasteiger partial charge in [-0.2, -0.15) is 0 Å². The SMILES string of the molecule is CC(NC(C(=O)O)C(C)C)c1ccc(S(C)(=O)=O)cc1. The van der Waals surface area contributed by atoms with E-state index in [1.807, 2.05) is 20.8 Å². The van der Waals surface area contributed by atoms with Crippen molar-refractivity contribution in [3.63, 3.8) is 0 Å². The van der Waals surface area contributed by atoms with Crippen molar-refractivity contribution in [2.24, 2.45) is 5.92 Å². The third-order valence-electron chi connectivity index (χ3n) is 3.17. The van der Waals surface area contributed by atoms with E-state index in [0.29, 0.717) is 0 Å². The molecule has 1 rings (SSSR count). The highest BCUT2D eigenvalue weighted by atomic mass is 32.2. The molecule has 0 amide bonds. The molecule has 2 N–H and O–H groups in total. The maximum Gasteiger partial charge on any atom is 0.320 e. The van der Waals surface area contributed by atoms with Gasteiger partial charge in [0, 0.05) is 12.3 Å². The average molecular weight is 299 g/mol. The summed E-state index contributed by atoms with van der Waals surface area (Å²) in [4.78, 5) is 11.4. The van der Waals surface area contributed by atoms with E-state index in [1.165, 1.54) is 12.1 Å². The summed E-state index contributed by atoms with van der Waals surface area (Å²) in [5.41, 5.74) is 0.851. The number of aliphatic carboxylic acids is 1. The van der Waals surface area contributed by atoms with Gasteiger partial charge in [-0.25, -0.2) is 8.42 Å². The van der Waals surface area contributed by atoms with Crippen LogP contribution in [0.1, 0.15) is 32.4 Å². The molecule has 0 saturated heterocycles. The van der Waals surface area contributed by atoms with E-state index in [0.717, 1.165) is 11.8 Å². The van der Waals surface area contributed by atoms with Crippen molar-refractivity contribution >= 4 is 15.8 Å². The predicted octanol–water partition coefficient (Wildman–Crippen LogP) is 1.85. The van der Waals surface area contributed by atoms with Crippen LogP contribution >= 0.6 is 0 Å². The van der Waals surface area contributed by atoms with Gasteiger partial charge in [-0.15, -0.1) is 0 Å². The highest BCUT2D eigenvalue weighted by Gasteiger charge is 2.23. The fourth-order valence-electron chi connectivity index (χ4n) is 1.92. The van der Waals surface area contributed by atoms with Crippen molar-refractivity contribution in [3.8, 4) is 0 Å². The first-order valence-corrected chi connectivity index (χ1v) is 8.31. The number of hydrogen-bond acceptors (Lipinski definition) is 4. The first kappa shape index (κ1) is 16.7. The van der Waals surface area contributed by atoms with Gasteiger partial charge in [0.25, 0.3) is 0 Å². The first-order valence-electron chi connectivity index (χ1n) is 6.41. The maximum absolute atomic E-state index is 11.4. The quantitative estimate of drug-likeness (QED) is 0.837. The van der Waals surface area contributed by atoms with Crippen LogP contribution < -0.4 is 5.32 Å². The molecule has 0 aliphatic rings. The van der Waals surface area contributed by atoms with Crippen LogP contribution in [-0.2, 0) is 14.6 Å². The number of benzene rings is 1. The van der Waals surface area contributed by atoms with Crippen LogP contribution in [0.4, 0.5) is 0 Å². The van der Waals surface area contributed by atoms with Gasteiger partial charge in [0.05, 0.1) is 4.90 Å². The minimum absolute atomic E-state index is 0.0368. The molecule has 0 aliphatic carbocycles. The predicted molar refractivity (Wildman–Crippen MR) is 77.4 cm³/mol. The third-order valence-corrected chi connectivity index (χ3v) is 4.30. The topological polar surface area (TPSA) is 83.5 Å². The fourth-order valence-corrected chi connectivity index (χ4v) is 2.55. The van der Waals surface area contributed by atoms with Gasteiger partial charge in [-0.05, 0) is 30.5 Å². The number of nitrogens with one attached hydrogen (secondary N) is 1. The van der Waals surface area contributed by atoms with E-state index in [4.69, 9.17) is 5.11 Å². The zero-order valence-electron chi connectivity index (χ0n) is 12.1. The largest absolute Gasteiger partial charge is 0.480 e. The number of carboxylic acids is 1. The highest BCUT2D eigenvalue weighted by Crippen LogP contribution is 2.18. The van der Waals surface area contributed by atoms with Crippen molar-refractivity contribution < 1.29 is 18.3 Å². The van der Waals surface area contributed by atoms with Crippen LogP contribution in [0.15, 0.2) is 29.2 Å². The van der Waals surface area contributed by atoms with Crippen molar-refractivity contribution in [2.45, 2.75) is 37.8 Å². The smallest absolute Gasteiger partial charge is 0.320 e. The molecule has 112 valence electrons. The number of rotatable bonds is 6. The molecule has 6 heteroatoms. The molecule has 0 spiro atoms. The van der Waals surface area contributed by atoms with Crippen molar-refractivity contribution in [1.29, 1.82) is 0 Å². The molecular formula is C14H21NO4S. The lowest BCUT2D eigenvalue weighted by Gasteiger charge is -2.23. The molecule has 1 aromatic carbocycles. The molecule has 0 aliphatic heterocycles. The summed E-state index contributed by atoms with van der Waals surface area (Å²) in [5, 5.41) is 12.2. The lowest BCUT2D eigenvalue weighted by atomic mass is 10.0. The van der Waals surface area contributed by atoms with E-state index < -0.39 is 21.8 Å². The lowest BCUT2D eigenvalue weighted by molar-refractivity contribution is -0.140. The summed E-state index contributed by atoms with van der Waals surface area (Å²) >= 11 is 0. The van der Waals surface area contributed by atoms with Crippen LogP contribution in [0.25, 0.3) is 0 Å². The van der Waals surface area contributed by atoms with Crippen molar-refractivity contribution in [1.82, 2.24) is 5.32 Å². The molecule has 0 fully saturated rings. The summed E-state index contributed by atoms with van der Waals surface area (Å²) < 4.78 is 22.8. The van der Waals surface area contributed by atoms with Gasteiger partial charge in [0.15, 0.2) is 9.84 Å². The summed E-state index contributed by atoms with van der Waals surface area (Å²) in [6.07, 6.45) is 1.16. The number of carbonyl (C=O) groups is 1. The summed E-state index contributed by atoms with van der Waals surface area (Å²) in [7, 11) is -3.21. The zero-order chi connectivity index (χ0) is 15.5. The minimum Gasteiger partial charge on any atom is -0.480 e. The van der Waals surface area contributed by atoms with E-state index in [1.54, 1.807) is 12.1 Å². The molecule has 20 heavy (non-hydrogen) atoms. The van der Waals surface area contributed by atoms with Crippen LogP contribution in [0.5, 0.6) is 0 Å². The van der Waals surface area contributed by atoms with Gasteiger partial charge in [-0.3, -0.25) is 10.1 Å². The summed E-state index contributed by atoms with van der Waals surface area (Å²) in [5.74, 6) is -0.926. The minimum atomic E-state index is -3.21. The Morgan fingerprint density at radius 2 is 1.65 bits per heavy atom. The number of sulfone groups is 1. The second-order valence-electron chi connectivity index (χ2n) is 5.29. The fraction of sp³-hybridized carbons (Fsp3) is 0.500. The Morgan fingerprint density at radius 1 is 1.15 bits per heavy atom.